The second-order valence-electron chi connectivity index (χ2n) is 6.99. The average Bonchev–Trinajstić information content (AvgIpc) is 2.67. The number of carbonyl (C=O) groups is 2. The highest BCUT2D eigenvalue weighted by molar-refractivity contribution is 5.94. The molecule has 150 valence electrons. The predicted molar refractivity (Wildman–Crippen MR) is 101 cm³/mol. The van der Waals surface area contributed by atoms with Crippen molar-refractivity contribution in [1.82, 2.24) is 0 Å². The van der Waals surface area contributed by atoms with Gasteiger partial charge in [0.05, 0.1) is 13.2 Å². The van der Waals surface area contributed by atoms with E-state index in [-0.39, 0.29) is 25.2 Å². The number of hydrogen-bond acceptors (Lipinski definition) is 6. The van der Waals surface area contributed by atoms with E-state index in [1.165, 1.54) is 7.11 Å². The second-order valence-corrected chi connectivity index (χ2v) is 6.99. The van der Waals surface area contributed by atoms with Crippen LogP contribution in [0.15, 0.2) is 18.2 Å². The van der Waals surface area contributed by atoms with Crippen molar-refractivity contribution in [1.29, 1.82) is 0 Å². The third-order valence-electron chi connectivity index (χ3n) is 5.05. The highest BCUT2D eigenvalue weighted by Crippen LogP contribution is 2.29. The van der Waals surface area contributed by atoms with Gasteiger partial charge in [0, 0.05) is 20.0 Å². The van der Waals surface area contributed by atoms with E-state index in [2.05, 4.69) is 6.92 Å². The molecule has 1 aromatic rings. The van der Waals surface area contributed by atoms with Crippen molar-refractivity contribution in [2.24, 2.45) is 5.92 Å². The molecule has 0 saturated heterocycles. The maximum Gasteiger partial charge on any atom is 0.342 e. The van der Waals surface area contributed by atoms with Crippen molar-refractivity contribution >= 4 is 12.3 Å². The van der Waals surface area contributed by atoms with Crippen LogP contribution in [0, 0.1) is 5.92 Å². The van der Waals surface area contributed by atoms with E-state index in [1.807, 2.05) is 12.1 Å². The summed E-state index contributed by atoms with van der Waals surface area (Å²) in [6, 6.07) is 5.58. The monoisotopic (exact) mass is 378 g/mol. The zero-order chi connectivity index (χ0) is 19.6. The van der Waals surface area contributed by atoms with E-state index < -0.39 is 12.1 Å². The third kappa shape index (κ3) is 6.04. The number of rotatable bonds is 6. The van der Waals surface area contributed by atoms with Gasteiger partial charge >= 0.3 is 5.97 Å². The number of hydrogen-bond donors (Lipinski definition) is 0. The van der Waals surface area contributed by atoms with Gasteiger partial charge < -0.3 is 23.7 Å². The summed E-state index contributed by atoms with van der Waals surface area (Å²) in [6.45, 7) is 2.30. The summed E-state index contributed by atoms with van der Waals surface area (Å²) in [4.78, 5) is 24.0. The Morgan fingerprint density at radius 3 is 2.78 bits per heavy atom. The lowest BCUT2D eigenvalue weighted by molar-refractivity contribution is -0.114. The molecule has 0 saturated carbocycles. The average molecular weight is 378 g/mol. The Kier molecular flexibility index (Phi) is 8.75. The lowest BCUT2D eigenvalue weighted by atomic mass is 9.91. The van der Waals surface area contributed by atoms with Crippen LogP contribution in [0.5, 0.6) is 5.75 Å². The first kappa shape index (κ1) is 21.4. The first-order chi connectivity index (χ1) is 13.1. The lowest BCUT2D eigenvalue weighted by Gasteiger charge is -2.28. The number of cyclic esters (lactones) is 1. The lowest BCUT2D eigenvalue weighted by Crippen LogP contribution is -2.31. The number of fused-ring (bicyclic) bond motifs is 1. The number of aryl methyl sites for hydroxylation is 1. The van der Waals surface area contributed by atoms with Gasteiger partial charge in [-0.2, -0.15) is 0 Å². The first-order valence-corrected chi connectivity index (χ1v) is 9.51. The van der Waals surface area contributed by atoms with Crippen LogP contribution in [0.2, 0.25) is 0 Å². The molecule has 0 spiro atoms. The van der Waals surface area contributed by atoms with Crippen LogP contribution in [0.4, 0.5) is 0 Å². The smallest absolute Gasteiger partial charge is 0.342 e. The number of benzene rings is 1. The number of carbonyl (C=O) groups excluding carboxylic acids is 2. The Labute approximate surface area is 161 Å². The minimum Gasteiger partial charge on any atom is -0.496 e. The van der Waals surface area contributed by atoms with E-state index in [0.29, 0.717) is 17.7 Å². The maximum absolute atomic E-state index is 12.9. The van der Waals surface area contributed by atoms with Gasteiger partial charge in [-0.25, -0.2) is 4.79 Å². The quantitative estimate of drug-likeness (QED) is 0.428. The highest BCUT2D eigenvalue weighted by Gasteiger charge is 2.28. The summed E-state index contributed by atoms with van der Waals surface area (Å²) < 4.78 is 22.0. The Bertz CT molecular complexity index is 615. The molecule has 6 nitrogen and oxygen atoms in total. The van der Waals surface area contributed by atoms with Gasteiger partial charge in [0.25, 0.3) is 0 Å². The largest absolute Gasteiger partial charge is 0.496 e. The molecule has 1 heterocycles. The molecule has 0 radical (unpaired) electrons. The summed E-state index contributed by atoms with van der Waals surface area (Å²) in [6.07, 6.45) is 4.45. The van der Waals surface area contributed by atoms with Gasteiger partial charge in [0.1, 0.15) is 30.5 Å². The standard InChI is InChI=1S/C21H30O6/c1-15-7-4-5-8-16-9-6-10-18(25-3)20(16)21(23)27-17(11-12-22)13-19(15)26-14-24-2/h6,9-10,12,15,17,19H,4-5,7-8,11,13-14H2,1-3H3/t15-,17-,19+/m0/s1. The van der Waals surface area contributed by atoms with E-state index in [9.17, 15) is 9.59 Å². The van der Waals surface area contributed by atoms with Crippen molar-refractivity contribution < 1.29 is 28.5 Å². The van der Waals surface area contributed by atoms with Gasteiger partial charge in [-0.3, -0.25) is 0 Å². The van der Waals surface area contributed by atoms with E-state index in [4.69, 9.17) is 18.9 Å². The van der Waals surface area contributed by atoms with Crippen LogP contribution >= 0.6 is 0 Å². The molecule has 1 aliphatic rings. The fraction of sp³-hybridized carbons (Fsp3) is 0.619. The molecule has 0 bridgehead atoms. The van der Waals surface area contributed by atoms with Gasteiger partial charge in [-0.1, -0.05) is 25.5 Å². The molecule has 2 rings (SSSR count). The predicted octanol–water partition coefficient (Wildman–Crippen LogP) is 3.55. The normalized spacial score (nSPS) is 24.1. The molecule has 0 fully saturated rings. The zero-order valence-electron chi connectivity index (χ0n) is 16.4. The second kappa shape index (κ2) is 11.0. The highest BCUT2D eigenvalue weighted by atomic mass is 16.7. The van der Waals surface area contributed by atoms with Crippen LogP contribution in [0.1, 0.15) is 54.9 Å². The summed E-state index contributed by atoms with van der Waals surface area (Å²) in [5.74, 6) is 0.324. The summed E-state index contributed by atoms with van der Waals surface area (Å²) >= 11 is 0. The summed E-state index contributed by atoms with van der Waals surface area (Å²) in [5, 5.41) is 0. The molecule has 0 N–H and O–H groups in total. The molecule has 1 aliphatic heterocycles. The molecule has 6 heteroatoms. The van der Waals surface area contributed by atoms with Gasteiger partial charge in [0.15, 0.2) is 0 Å². The zero-order valence-corrected chi connectivity index (χ0v) is 16.4. The topological polar surface area (TPSA) is 71.1 Å². The van der Waals surface area contributed by atoms with Crippen LogP contribution < -0.4 is 4.74 Å². The molecule has 0 unspecified atom stereocenters. The van der Waals surface area contributed by atoms with Crippen molar-refractivity contribution in [2.45, 2.75) is 57.7 Å². The van der Waals surface area contributed by atoms with Crippen LogP contribution in [-0.2, 0) is 25.4 Å². The van der Waals surface area contributed by atoms with Crippen molar-refractivity contribution in [3.63, 3.8) is 0 Å². The molecular weight excluding hydrogens is 348 g/mol. The Morgan fingerprint density at radius 1 is 1.26 bits per heavy atom. The number of methoxy groups -OCH3 is 2. The van der Waals surface area contributed by atoms with E-state index in [0.717, 1.165) is 37.5 Å². The summed E-state index contributed by atoms with van der Waals surface area (Å²) in [7, 11) is 3.12. The molecule has 1 aromatic carbocycles. The molecular formula is C21H30O6. The Balaban J connectivity index is 2.31. The van der Waals surface area contributed by atoms with Crippen LogP contribution in [0.3, 0.4) is 0 Å². The van der Waals surface area contributed by atoms with E-state index in [1.54, 1.807) is 13.2 Å². The number of aldehydes is 1. The SMILES string of the molecule is COCO[C@@H]1C[C@H](CC=O)OC(=O)c2c(cccc2OC)CCCC[C@@H]1C. The fourth-order valence-electron chi connectivity index (χ4n) is 3.54. The van der Waals surface area contributed by atoms with E-state index >= 15 is 0 Å². The molecule has 0 aliphatic carbocycles. The van der Waals surface area contributed by atoms with Crippen molar-refractivity contribution in [2.75, 3.05) is 21.0 Å². The van der Waals surface area contributed by atoms with Crippen LogP contribution in [-0.4, -0.2) is 45.5 Å². The number of esters is 1. The molecule has 3 atom stereocenters. The van der Waals surface area contributed by atoms with Crippen LogP contribution in [0.25, 0.3) is 0 Å². The van der Waals surface area contributed by atoms with Crippen molar-refractivity contribution in [3.8, 4) is 5.75 Å². The van der Waals surface area contributed by atoms with Crippen molar-refractivity contribution in [3.05, 3.63) is 29.3 Å². The Hall–Kier alpha value is -1.92. The maximum atomic E-state index is 12.9. The van der Waals surface area contributed by atoms with Gasteiger partial charge in [-0.15, -0.1) is 0 Å². The third-order valence-corrected chi connectivity index (χ3v) is 5.05. The van der Waals surface area contributed by atoms with Gasteiger partial charge in [-0.05, 0) is 36.8 Å². The molecule has 0 aromatic heterocycles. The first-order valence-electron chi connectivity index (χ1n) is 9.51. The summed E-state index contributed by atoms with van der Waals surface area (Å²) in [5.41, 5.74) is 1.38. The minimum absolute atomic E-state index is 0.135. The van der Waals surface area contributed by atoms with Gasteiger partial charge in [0.2, 0.25) is 0 Å². The fourth-order valence-corrected chi connectivity index (χ4v) is 3.54. The Morgan fingerprint density at radius 2 is 2.07 bits per heavy atom. The molecule has 27 heavy (non-hydrogen) atoms. The number of ether oxygens (including phenoxy) is 4. The molecule has 0 amide bonds. The minimum atomic E-state index is -0.545.